The van der Waals surface area contributed by atoms with Gasteiger partial charge in [-0.05, 0) is 81.3 Å². The summed E-state index contributed by atoms with van der Waals surface area (Å²) < 4.78 is 6.12. The van der Waals surface area contributed by atoms with Gasteiger partial charge in [0, 0.05) is 70.8 Å². The van der Waals surface area contributed by atoms with Crippen molar-refractivity contribution in [1.29, 1.82) is 5.26 Å². The summed E-state index contributed by atoms with van der Waals surface area (Å²) in [5.41, 5.74) is 2.35. The molecule has 0 radical (unpaired) electrons. The fourth-order valence-corrected chi connectivity index (χ4v) is 5.27. The first-order valence-corrected chi connectivity index (χ1v) is 14.8. The summed E-state index contributed by atoms with van der Waals surface area (Å²) in [5, 5.41) is 9.03. The number of nitriles is 1. The van der Waals surface area contributed by atoms with E-state index in [1.54, 1.807) is 79.3 Å². The van der Waals surface area contributed by atoms with Crippen LogP contribution in [0, 0.1) is 16.7 Å². The molecule has 0 spiro atoms. The average molecular weight is 597 g/mol. The monoisotopic (exact) mass is 596 g/mol. The van der Waals surface area contributed by atoms with Gasteiger partial charge in [-0.15, -0.1) is 0 Å². The number of fused-ring (bicyclic) bond motifs is 1. The van der Waals surface area contributed by atoms with Crippen LogP contribution in [0.4, 0.5) is 11.4 Å². The summed E-state index contributed by atoms with van der Waals surface area (Å²) in [5.74, 6) is 0.0501. The molecule has 10 nitrogen and oxygen atoms in total. The van der Waals surface area contributed by atoms with Crippen LogP contribution in [0.3, 0.4) is 0 Å². The summed E-state index contributed by atoms with van der Waals surface area (Å²) in [6, 6.07) is 18.2. The van der Waals surface area contributed by atoms with Gasteiger partial charge in [0.2, 0.25) is 11.8 Å². The largest absolute Gasteiger partial charge is 0.493 e. The van der Waals surface area contributed by atoms with E-state index in [2.05, 4.69) is 16.0 Å². The van der Waals surface area contributed by atoms with Crippen molar-refractivity contribution in [3.63, 3.8) is 0 Å². The lowest BCUT2D eigenvalue weighted by molar-refractivity contribution is -0.137. The van der Waals surface area contributed by atoms with Crippen molar-refractivity contribution in [3.05, 3.63) is 83.7 Å². The third kappa shape index (κ3) is 7.24. The van der Waals surface area contributed by atoms with Gasteiger partial charge in [0.25, 0.3) is 5.91 Å². The van der Waals surface area contributed by atoms with Gasteiger partial charge in [-0.2, -0.15) is 5.26 Å². The van der Waals surface area contributed by atoms with E-state index in [1.807, 2.05) is 37.3 Å². The van der Waals surface area contributed by atoms with Crippen LogP contribution in [-0.4, -0.2) is 79.4 Å². The number of carbonyl (C=O) groups excluding carboxylic acids is 3. The van der Waals surface area contributed by atoms with Crippen molar-refractivity contribution in [2.45, 2.75) is 33.7 Å². The quantitative estimate of drug-likeness (QED) is 0.226. The summed E-state index contributed by atoms with van der Waals surface area (Å²) in [6.07, 6.45) is 4.27. The lowest BCUT2D eigenvalue weighted by atomic mass is 9.90. The summed E-state index contributed by atoms with van der Waals surface area (Å²) >= 11 is 0. The first kappa shape index (κ1) is 32.2. The SMILES string of the molecule is CCN1C(=O)C(C)(C)C(=O)N(C)c2cc(OCCCN(CCN(C)C(=O)c3ccc(C#N)cc3)Cc3ccncc3)ccc21. The highest BCUT2D eigenvalue weighted by Gasteiger charge is 2.45. The Hall–Kier alpha value is -4.75. The van der Waals surface area contributed by atoms with Crippen molar-refractivity contribution in [2.75, 3.05) is 56.7 Å². The van der Waals surface area contributed by atoms with Crippen LogP contribution in [-0.2, 0) is 16.1 Å². The molecule has 2 heterocycles. The van der Waals surface area contributed by atoms with Gasteiger partial charge in [0.1, 0.15) is 11.2 Å². The average Bonchev–Trinajstić information content (AvgIpc) is 3.09. The Balaban J connectivity index is 1.38. The number of amides is 3. The molecule has 0 fully saturated rings. The predicted molar refractivity (Wildman–Crippen MR) is 169 cm³/mol. The molecule has 230 valence electrons. The van der Waals surface area contributed by atoms with Crippen molar-refractivity contribution in [2.24, 2.45) is 5.41 Å². The van der Waals surface area contributed by atoms with Gasteiger partial charge >= 0.3 is 0 Å². The lowest BCUT2D eigenvalue weighted by Gasteiger charge is -2.27. The predicted octanol–water partition coefficient (Wildman–Crippen LogP) is 4.35. The molecule has 1 aliphatic heterocycles. The number of anilines is 2. The number of rotatable bonds is 12. The summed E-state index contributed by atoms with van der Waals surface area (Å²) in [7, 11) is 3.47. The Kier molecular flexibility index (Phi) is 10.3. The van der Waals surface area contributed by atoms with E-state index in [0.717, 1.165) is 18.5 Å². The molecule has 0 bridgehead atoms. The smallest absolute Gasteiger partial charge is 0.253 e. The highest BCUT2D eigenvalue weighted by Crippen LogP contribution is 2.40. The Labute approximate surface area is 259 Å². The van der Waals surface area contributed by atoms with E-state index < -0.39 is 5.41 Å². The number of carbonyl (C=O) groups is 3. The highest BCUT2D eigenvalue weighted by molar-refractivity contribution is 6.20. The number of hydrogen-bond donors (Lipinski definition) is 0. The van der Waals surface area contributed by atoms with Crippen LogP contribution >= 0.6 is 0 Å². The van der Waals surface area contributed by atoms with Gasteiger partial charge in [0.15, 0.2) is 0 Å². The standard InChI is InChI=1S/C34H40N6O4/c1-6-40-29-13-12-28(22-30(29)38(5)32(42)34(2,3)33(40)43)44-21-7-18-39(24-26-14-16-36-17-15-26)20-19-37(4)31(41)27-10-8-25(23-35)9-11-27/h8-17,22H,6-7,18-21,24H2,1-5H3. The van der Waals surface area contributed by atoms with Gasteiger partial charge in [-0.1, -0.05) is 0 Å². The Morgan fingerprint density at radius 3 is 2.34 bits per heavy atom. The highest BCUT2D eigenvalue weighted by atomic mass is 16.5. The molecular weight excluding hydrogens is 556 g/mol. The lowest BCUT2D eigenvalue weighted by Crippen LogP contribution is -2.47. The number of aromatic nitrogens is 1. The molecule has 4 rings (SSSR count). The molecule has 0 atom stereocenters. The molecule has 0 saturated carbocycles. The molecule has 3 amide bonds. The Morgan fingerprint density at radius 2 is 1.68 bits per heavy atom. The molecule has 10 heteroatoms. The maximum Gasteiger partial charge on any atom is 0.253 e. The molecular formula is C34H40N6O4. The van der Waals surface area contributed by atoms with Crippen LogP contribution in [0.15, 0.2) is 67.0 Å². The molecule has 0 aliphatic carbocycles. The van der Waals surface area contributed by atoms with E-state index in [1.165, 1.54) is 0 Å². The minimum atomic E-state index is -1.16. The second-order valence-electron chi connectivity index (χ2n) is 11.4. The first-order chi connectivity index (χ1) is 21.1. The minimum Gasteiger partial charge on any atom is -0.493 e. The van der Waals surface area contributed by atoms with E-state index >= 15 is 0 Å². The van der Waals surface area contributed by atoms with Gasteiger partial charge in [-0.3, -0.25) is 24.3 Å². The van der Waals surface area contributed by atoms with Crippen LogP contribution in [0.5, 0.6) is 5.75 Å². The Morgan fingerprint density at radius 1 is 0.977 bits per heavy atom. The normalized spacial score (nSPS) is 14.2. The van der Waals surface area contributed by atoms with E-state index in [9.17, 15) is 14.4 Å². The third-order valence-corrected chi connectivity index (χ3v) is 7.94. The third-order valence-electron chi connectivity index (χ3n) is 7.94. The van der Waals surface area contributed by atoms with E-state index in [0.29, 0.717) is 61.0 Å². The van der Waals surface area contributed by atoms with Crippen LogP contribution in [0.1, 0.15) is 48.7 Å². The molecule has 44 heavy (non-hydrogen) atoms. The molecule has 1 aromatic heterocycles. The molecule has 2 aromatic carbocycles. The maximum absolute atomic E-state index is 13.1. The van der Waals surface area contributed by atoms with E-state index in [-0.39, 0.29) is 17.7 Å². The fraction of sp³-hybridized carbons (Fsp3) is 0.382. The summed E-state index contributed by atoms with van der Waals surface area (Å²) in [6.45, 7) is 8.75. The zero-order valence-electron chi connectivity index (χ0n) is 26.1. The molecule has 3 aromatic rings. The minimum absolute atomic E-state index is 0.0972. The molecule has 0 saturated heterocycles. The van der Waals surface area contributed by atoms with Gasteiger partial charge in [0.05, 0.1) is 29.6 Å². The van der Waals surface area contributed by atoms with Gasteiger partial charge < -0.3 is 19.4 Å². The van der Waals surface area contributed by atoms with Crippen LogP contribution < -0.4 is 14.5 Å². The second-order valence-corrected chi connectivity index (χ2v) is 11.4. The Bertz CT molecular complexity index is 1520. The van der Waals surface area contributed by atoms with E-state index in [4.69, 9.17) is 10.00 Å². The number of ether oxygens (including phenoxy) is 1. The number of likely N-dealkylation sites (N-methyl/N-ethyl adjacent to an activating group) is 1. The molecule has 0 unspecified atom stereocenters. The van der Waals surface area contributed by atoms with Crippen LogP contribution in [0.25, 0.3) is 0 Å². The zero-order valence-corrected chi connectivity index (χ0v) is 26.1. The van der Waals surface area contributed by atoms with Crippen molar-refractivity contribution in [1.82, 2.24) is 14.8 Å². The number of hydrogen-bond acceptors (Lipinski definition) is 7. The number of pyridine rings is 1. The number of nitrogens with zero attached hydrogens (tertiary/aromatic N) is 6. The second kappa shape index (κ2) is 14.1. The molecule has 0 N–H and O–H groups in total. The van der Waals surface area contributed by atoms with Crippen molar-refractivity contribution >= 4 is 29.1 Å². The molecule has 1 aliphatic rings. The van der Waals surface area contributed by atoms with Gasteiger partial charge in [-0.25, -0.2) is 0 Å². The van der Waals surface area contributed by atoms with Crippen LogP contribution in [0.2, 0.25) is 0 Å². The maximum atomic E-state index is 13.1. The zero-order chi connectivity index (χ0) is 31.9. The fourth-order valence-electron chi connectivity index (χ4n) is 5.27. The van der Waals surface area contributed by atoms with Crippen molar-refractivity contribution < 1.29 is 19.1 Å². The summed E-state index contributed by atoms with van der Waals surface area (Å²) in [4.78, 5) is 50.5. The van der Waals surface area contributed by atoms with Crippen molar-refractivity contribution in [3.8, 4) is 11.8 Å². The number of benzene rings is 2. The first-order valence-electron chi connectivity index (χ1n) is 14.8. The topological polar surface area (TPSA) is 110 Å².